The van der Waals surface area contributed by atoms with Gasteiger partial charge in [0.15, 0.2) is 0 Å². The second kappa shape index (κ2) is 8.93. The van der Waals surface area contributed by atoms with Crippen molar-refractivity contribution in [2.75, 3.05) is 17.2 Å². The third-order valence-corrected chi connectivity index (χ3v) is 4.63. The second-order valence-electron chi connectivity index (χ2n) is 6.70. The van der Waals surface area contributed by atoms with Gasteiger partial charge in [-0.15, -0.1) is 0 Å². The van der Waals surface area contributed by atoms with E-state index < -0.39 is 0 Å². The van der Waals surface area contributed by atoms with Gasteiger partial charge in [-0.2, -0.15) is 0 Å². The number of anilines is 2. The first kappa shape index (κ1) is 18.6. The first-order chi connectivity index (χ1) is 14.3. The summed E-state index contributed by atoms with van der Waals surface area (Å²) in [5.41, 5.74) is 2.67. The molecule has 0 bridgehead atoms. The fourth-order valence-corrected chi connectivity index (χ4v) is 3.18. The number of ether oxygens (including phenoxy) is 1. The average Bonchev–Trinajstić information content (AvgIpc) is 2.78. The summed E-state index contributed by atoms with van der Waals surface area (Å²) in [5, 5.41) is 8.40. The lowest BCUT2D eigenvalue weighted by Gasteiger charge is -2.14. The van der Waals surface area contributed by atoms with Crippen LogP contribution in [0.3, 0.4) is 0 Å². The van der Waals surface area contributed by atoms with E-state index >= 15 is 0 Å². The summed E-state index contributed by atoms with van der Waals surface area (Å²) >= 11 is 0. The standard InChI is InChI=1S/C25H22N2O2/c28-25(17-26-22-15-8-12-20-11-4-5-13-21(20)22)27-23-14-6-7-16-24(23)29-18-19-9-2-1-3-10-19/h1-16,26H,17-18H2,(H,27,28). The molecule has 29 heavy (non-hydrogen) atoms. The van der Waals surface area contributed by atoms with Crippen LogP contribution >= 0.6 is 0 Å². The highest BCUT2D eigenvalue weighted by Crippen LogP contribution is 2.25. The molecule has 0 aliphatic heterocycles. The molecule has 4 rings (SSSR count). The number of nitrogens with one attached hydrogen (secondary N) is 2. The molecule has 0 atom stereocenters. The summed E-state index contributed by atoms with van der Waals surface area (Å²) in [6.07, 6.45) is 0. The van der Waals surface area contributed by atoms with Crippen LogP contribution in [0, 0.1) is 0 Å². The van der Waals surface area contributed by atoms with Crippen LogP contribution < -0.4 is 15.4 Å². The smallest absolute Gasteiger partial charge is 0.243 e. The number of benzene rings is 4. The number of hydrogen-bond donors (Lipinski definition) is 2. The monoisotopic (exact) mass is 382 g/mol. The lowest BCUT2D eigenvalue weighted by Crippen LogP contribution is -2.22. The van der Waals surface area contributed by atoms with Crippen LogP contribution in [0.1, 0.15) is 5.56 Å². The maximum atomic E-state index is 12.5. The molecular weight excluding hydrogens is 360 g/mol. The lowest BCUT2D eigenvalue weighted by molar-refractivity contribution is -0.114. The van der Waals surface area contributed by atoms with Gasteiger partial charge in [0, 0.05) is 11.1 Å². The predicted molar refractivity (Wildman–Crippen MR) is 118 cm³/mol. The number of carbonyl (C=O) groups excluding carboxylic acids is 1. The van der Waals surface area contributed by atoms with Crippen molar-refractivity contribution in [3.63, 3.8) is 0 Å². The van der Waals surface area contributed by atoms with Crippen molar-refractivity contribution in [1.82, 2.24) is 0 Å². The SMILES string of the molecule is O=C(CNc1cccc2ccccc12)Nc1ccccc1OCc1ccccc1. The van der Waals surface area contributed by atoms with Gasteiger partial charge in [0.25, 0.3) is 0 Å². The highest BCUT2D eigenvalue weighted by molar-refractivity contribution is 5.98. The Morgan fingerprint density at radius 2 is 1.41 bits per heavy atom. The zero-order valence-corrected chi connectivity index (χ0v) is 16.0. The third kappa shape index (κ3) is 4.74. The van der Waals surface area contributed by atoms with E-state index in [0.29, 0.717) is 18.0 Å². The van der Waals surface area contributed by atoms with Gasteiger partial charge in [-0.05, 0) is 29.1 Å². The van der Waals surface area contributed by atoms with E-state index in [0.717, 1.165) is 22.0 Å². The summed E-state index contributed by atoms with van der Waals surface area (Å²) < 4.78 is 5.91. The van der Waals surface area contributed by atoms with E-state index in [2.05, 4.69) is 22.8 Å². The van der Waals surface area contributed by atoms with Gasteiger partial charge in [-0.25, -0.2) is 0 Å². The molecule has 0 aromatic heterocycles. The minimum atomic E-state index is -0.131. The van der Waals surface area contributed by atoms with Gasteiger partial charge < -0.3 is 15.4 Å². The van der Waals surface area contributed by atoms with Crippen molar-refractivity contribution in [2.45, 2.75) is 6.61 Å². The van der Waals surface area contributed by atoms with Crippen molar-refractivity contribution in [1.29, 1.82) is 0 Å². The topological polar surface area (TPSA) is 50.4 Å². The Balaban J connectivity index is 1.39. The van der Waals surface area contributed by atoms with Crippen molar-refractivity contribution in [3.05, 3.63) is 103 Å². The van der Waals surface area contributed by atoms with Crippen LogP contribution in [0.5, 0.6) is 5.75 Å². The molecule has 4 heteroatoms. The van der Waals surface area contributed by atoms with Crippen LogP contribution in [-0.2, 0) is 11.4 Å². The Labute approximate surface area is 170 Å². The number of carbonyl (C=O) groups is 1. The normalized spacial score (nSPS) is 10.5. The van der Waals surface area contributed by atoms with Gasteiger partial charge in [0.2, 0.25) is 5.91 Å². The van der Waals surface area contributed by atoms with Gasteiger partial charge in [-0.1, -0.05) is 78.9 Å². The lowest BCUT2D eigenvalue weighted by atomic mass is 10.1. The fourth-order valence-electron chi connectivity index (χ4n) is 3.18. The summed E-state index contributed by atoms with van der Waals surface area (Å²) in [5.74, 6) is 0.517. The third-order valence-electron chi connectivity index (χ3n) is 4.63. The molecule has 1 amide bonds. The second-order valence-corrected chi connectivity index (χ2v) is 6.70. The Morgan fingerprint density at radius 1 is 0.724 bits per heavy atom. The number of rotatable bonds is 7. The molecular formula is C25H22N2O2. The van der Waals surface area contributed by atoms with Crippen molar-refractivity contribution in [3.8, 4) is 5.75 Å². The number of amides is 1. The van der Waals surface area contributed by atoms with E-state index in [1.54, 1.807) is 0 Å². The van der Waals surface area contributed by atoms with Crippen molar-refractivity contribution >= 4 is 28.1 Å². The van der Waals surface area contributed by atoms with Gasteiger partial charge in [0.1, 0.15) is 12.4 Å². The largest absolute Gasteiger partial charge is 0.487 e. The maximum Gasteiger partial charge on any atom is 0.243 e. The molecule has 0 aliphatic rings. The van der Waals surface area contributed by atoms with Gasteiger partial charge >= 0.3 is 0 Å². The zero-order valence-electron chi connectivity index (χ0n) is 16.0. The Morgan fingerprint density at radius 3 is 2.31 bits per heavy atom. The molecule has 0 saturated heterocycles. The minimum absolute atomic E-state index is 0.131. The average molecular weight is 382 g/mol. The Bertz CT molecular complexity index is 1100. The van der Waals surface area contributed by atoms with Crippen LogP contribution in [-0.4, -0.2) is 12.5 Å². The maximum absolute atomic E-state index is 12.5. The zero-order chi connectivity index (χ0) is 19.9. The van der Waals surface area contributed by atoms with E-state index in [1.807, 2.05) is 84.9 Å². The van der Waals surface area contributed by atoms with E-state index in [-0.39, 0.29) is 12.5 Å². The molecule has 4 aromatic rings. The van der Waals surface area contributed by atoms with E-state index in [4.69, 9.17) is 4.74 Å². The molecule has 2 N–H and O–H groups in total. The molecule has 0 heterocycles. The van der Waals surface area contributed by atoms with Crippen LogP contribution in [0.25, 0.3) is 10.8 Å². The summed E-state index contributed by atoms with van der Waals surface area (Å²) in [4.78, 5) is 12.5. The van der Waals surface area contributed by atoms with E-state index in [9.17, 15) is 4.79 Å². The van der Waals surface area contributed by atoms with Gasteiger partial charge in [-0.3, -0.25) is 4.79 Å². The Hall–Kier alpha value is -3.79. The summed E-state index contributed by atoms with van der Waals surface area (Å²) in [6.45, 7) is 0.614. The molecule has 4 aromatic carbocycles. The molecule has 0 fully saturated rings. The highest BCUT2D eigenvalue weighted by Gasteiger charge is 2.09. The molecule has 0 saturated carbocycles. The first-order valence-corrected chi connectivity index (χ1v) is 9.57. The molecule has 0 aliphatic carbocycles. The quantitative estimate of drug-likeness (QED) is 0.446. The molecule has 144 valence electrons. The van der Waals surface area contributed by atoms with E-state index in [1.165, 1.54) is 0 Å². The molecule has 0 unspecified atom stereocenters. The number of para-hydroxylation sites is 2. The summed E-state index contributed by atoms with van der Waals surface area (Å²) in [6, 6.07) is 31.5. The fraction of sp³-hybridized carbons (Fsp3) is 0.0800. The van der Waals surface area contributed by atoms with Gasteiger partial charge in [0.05, 0.1) is 12.2 Å². The molecule has 0 radical (unpaired) electrons. The highest BCUT2D eigenvalue weighted by atomic mass is 16.5. The minimum Gasteiger partial charge on any atom is -0.487 e. The molecule has 4 nitrogen and oxygen atoms in total. The number of fused-ring (bicyclic) bond motifs is 1. The number of hydrogen-bond acceptors (Lipinski definition) is 3. The first-order valence-electron chi connectivity index (χ1n) is 9.57. The van der Waals surface area contributed by atoms with Crippen molar-refractivity contribution in [2.24, 2.45) is 0 Å². The summed E-state index contributed by atoms with van der Waals surface area (Å²) in [7, 11) is 0. The van der Waals surface area contributed by atoms with Crippen LogP contribution in [0.15, 0.2) is 97.1 Å². The van der Waals surface area contributed by atoms with Crippen LogP contribution in [0.4, 0.5) is 11.4 Å². The van der Waals surface area contributed by atoms with Crippen LogP contribution in [0.2, 0.25) is 0 Å². The predicted octanol–water partition coefficient (Wildman–Crippen LogP) is 5.47. The Kier molecular flexibility index (Phi) is 5.72. The van der Waals surface area contributed by atoms with Crippen molar-refractivity contribution < 1.29 is 9.53 Å². The molecule has 0 spiro atoms.